The fraction of sp³-hybridized carbons (Fsp3) is 0.400. The smallest absolute Gasteiger partial charge is 0.310 e. The third kappa shape index (κ3) is 4.22. The van der Waals surface area contributed by atoms with Crippen LogP contribution in [0.3, 0.4) is 0 Å². The molecule has 0 spiro atoms. The van der Waals surface area contributed by atoms with Crippen molar-refractivity contribution in [2.24, 2.45) is 0 Å². The SMILES string of the molecule is CC(C)NCC(=O)N1CC(C)(C)c2ccc(N3C(=O)N(Cc4ccnc5ccccc45)C(C)(C)C3=O)cc21. The van der Waals surface area contributed by atoms with E-state index in [1.807, 2.05) is 62.4 Å². The van der Waals surface area contributed by atoms with Gasteiger partial charge in [-0.25, -0.2) is 9.69 Å². The van der Waals surface area contributed by atoms with Crippen LogP contribution >= 0.6 is 0 Å². The van der Waals surface area contributed by atoms with Crippen molar-refractivity contribution >= 4 is 40.1 Å². The van der Waals surface area contributed by atoms with Crippen LogP contribution < -0.4 is 15.1 Å². The molecule has 1 N–H and O–H groups in total. The maximum Gasteiger partial charge on any atom is 0.332 e. The molecule has 4 amide bonds. The molecule has 0 unspecified atom stereocenters. The molecule has 1 fully saturated rings. The Kier molecular flexibility index (Phi) is 6.26. The Balaban J connectivity index is 1.49. The van der Waals surface area contributed by atoms with Gasteiger partial charge >= 0.3 is 6.03 Å². The van der Waals surface area contributed by atoms with Gasteiger partial charge in [0, 0.05) is 41.8 Å². The van der Waals surface area contributed by atoms with Gasteiger partial charge in [0.2, 0.25) is 5.91 Å². The standard InChI is InChI=1S/C30H35N5O3/c1-19(2)32-16-26(36)33-18-29(3,4)23-12-11-21(15-25(23)33)35-27(37)30(5,6)34(28(35)38)17-20-13-14-31-24-10-8-7-9-22(20)24/h7-15,19,32H,16-18H2,1-6H3. The number of amides is 4. The summed E-state index contributed by atoms with van der Waals surface area (Å²) in [6.45, 7) is 12.8. The predicted molar refractivity (Wildman–Crippen MR) is 149 cm³/mol. The van der Waals surface area contributed by atoms with Crippen molar-refractivity contribution in [2.75, 3.05) is 22.9 Å². The highest BCUT2D eigenvalue weighted by molar-refractivity contribution is 6.23. The summed E-state index contributed by atoms with van der Waals surface area (Å²) in [5.74, 6) is -0.328. The van der Waals surface area contributed by atoms with Gasteiger partial charge in [-0.05, 0) is 49.2 Å². The quantitative estimate of drug-likeness (QED) is 0.487. The van der Waals surface area contributed by atoms with E-state index in [2.05, 4.69) is 24.1 Å². The zero-order valence-corrected chi connectivity index (χ0v) is 22.9. The van der Waals surface area contributed by atoms with Gasteiger partial charge in [0.1, 0.15) is 5.54 Å². The lowest BCUT2D eigenvalue weighted by molar-refractivity contribution is -0.123. The number of para-hydroxylation sites is 1. The minimum atomic E-state index is -1.05. The molecule has 2 aromatic carbocycles. The third-order valence-corrected chi connectivity index (χ3v) is 7.67. The molecule has 3 aromatic rings. The zero-order chi connectivity index (χ0) is 27.4. The minimum Gasteiger partial charge on any atom is -0.310 e. The Labute approximate surface area is 223 Å². The number of imide groups is 1. The first kappa shape index (κ1) is 25.9. The van der Waals surface area contributed by atoms with E-state index in [4.69, 9.17) is 0 Å². The predicted octanol–water partition coefficient (Wildman–Crippen LogP) is 4.60. The van der Waals surface area contributed by atoms with Crippen LogP contribution in [0.1, 0.15) is 52.7 Å². The summed E-state index contributed by atoms with van der Waals surface area (Å²) in [6.07, 6.45) is 1.73. The van der Waals surface area contributed by atoms with Gasteiger partial charge < -0.3 is 15.1 Å². The molecule has 198 valence electrons. The summed E-state index contributed by atoms with van der Waals surface area (Å²) < 4.78 is 0. The van der Waals surface area contributed by atoms with Gasteiger partial charge in [0.15, 0.2) is 0 Å². The van der Waals surface area contributed by atoms with Crippen molar-refractivity contribution in [1.29, 1.82) is 0 Å². The van der Waals surface area contributed by atoms with E-state index in [-0.39, 0.29) is 42.4 Å². The van der Waals surface area contributed by atoms with Crippen LogP contribution in [0.4, 0.5) is 16.2 Å². The molecule has 0 atom stereocenters. The second-order valence-electron chi connectivity index (χ2n) is 11.7. The highest BCUT2D eigenvalue weighted by Gasteiger charge is 2.52. The molecule has 5 rings (SSSR count). The van der Waals surface area contributed by atoms with Crippen LogP contribution in [0.5, 0.6) is 0 Å². The molecule has 8 nitrogen and oxygen atoms in total. The monoisotopic (exact) mass is 513 g/mol. The van der Waals surface area contributed by atoms with Crippen LogP contribution in [-0.2, 0) is 21.5 Å². The zero-order valence-electron chi connectivity index (χ0n) is 22.9. The number of carbonyl (C=O) groups excluding carboxylic acids is 3. The van der Waals surface area contributed by atoms with Crippen LogP contribution in [0.2, 0.25) is 0 Å². The molecule has 2 aliphatic heterocycles. The lowest BCUT2D eigenvalue weighted by Gasteiger charge is -2.28. The van der Waals surface area contributed by atoms with Gasteiger partial charge in [0.05, 0.1) is 17.7 Å². The van der Waals surface area contributed by atoms with Crippen molar-refractivity contribution in [1.82, 2.24) is 15.2 Å². The number of urea groups is 1. The summed E-state index contributed by atoms with van der Waals surface area (Å²) >= 11 is 0. The van der Waals surface area contributed by atoms with Crippen LogP contribution in [0.25, 0.3) is 10.9 Å². The Morgan fingerprint density at radius 2 is 1.79 bits per heavy atom. The number of pyridine rings is 1. The Hall–Kier alpha value is -3.78. The van der Waals surface area contributed by atoms with Gasteiger partial charge in [-0.1, -0.05) is 52.0 Å². The summed E-state index contributed by atoms with van der Waals surface area (Å²) in [5.41, 5.74) is 2.73. The number of benzene rings is 2. The van der Waals surface area contributed by atoms with Gasteiger partial charge in [-0.3, -0.25) is 14.6 Å². The van der Waals surface area contributed by atoms with Crippen molar-refractivity contribution < 1.29 is 14.4 Å². The number of nitrogens with one attached hydrogen (secondary N) is 1. The van der Waals surface area contributed by atoms with Crippen molar-refractivity contribution in [2.45, 2.75) is 65.1 Å². The number of anilines is 2. The highest BCUT2D eigenvalue weighted by Crippen LogP contribution is 2.44. The number of aromatic nitrogens is 1. The van der Waals surface area contributed by atoms with Crippen molar-refractivity contribution in [3.63, 3.8) is 0 Å². The van der Waals surface area contributed by atoms with Crippen molar-refractivity contribution in [3.8, 4) is 0 Å². The molecule has 3 heterocycles. The number of carbonyl (C=O) groups is 3. The molecule has 0 aliphatic carbocycles. The van der Waals surface area contributed by atoms with E-state index in [1.165, 1.54) is 4.90 Å². The maximum absolute atomic E-state index is 13.8. The van der Waals surface area contributed by atoms with E-state index < -0.39 is 5.54 Å². The summed E-state index contributed by atoms with van der Waals surface area (Å²) in [5, 5.41) is 4.15. The molecule has 0 radical (unpaired) electrons. The van der Waals surface area contributed by atoms with E-state index in [0.717, 1.165) is 27.7 Å². The molecule has 1 aromatic heterocycles. The average molecular weight is 514 g/mol. The molecule has 8 heteroatoms. The first-order valence-electron chi connectivity index (χ1n) is 13.1. The largest absolute Gasteiger partial charge is 0.332 e. The summed E-state index contributed by atoms with van der Waals surface area (Å²) in [4.78, 5) is 49.7. The fourth-order valence-electron chi connectivity index (χ4n) is 5.42. The van der Waals surface area contributed by atoms with Crippen molar-refractivity contribution in [3.05, 3.63) is 65.9 Å². The van der Waals surface area contributed by atoms with Crippen LogP contribution in [0, 0.1) is 0 Å². The minimum absolute atomic E-state index is 0.0340. The van der Waals surface area contributed by atoms with E-state index >= 15 is 0 Å². The molecule has 1 saturated heterocycles. The second kappa shape index (κ2) is 9.20. The molecule has 2 aliphatic rings. The third-order valence-electron chi connectivity index (χ3n) is 7.67. The first-order chi connectivity index (χ1) is 17.9. The molecule has 0 saturated carbocycles. The Bertz CT molecular complexity index is 1440. The highest BCUT2D eigenvalue weighted by atomic mass is 16.2. The summed E-state index contributed by atoms with van der Waals surface area (Å²) in [6, 6.07) is 15.1. The Morgan fingerprint density at radius 1 is 1.05 bits per heavy atom. The van der Waals surface area contributed by atoms with E-state index in [9.17, 15) is 14.4 Å². The first-order valence-corrected chi connectivity index (χ1v) is 13.1. The number of nitrogens with zero attached hydrogens (tertiary/aromatic N) is 4. The lowest BCUT2D eigenvalue weighted by Crippen LogP contribution is -2.43. The van der Waals surface area contributed by atoms with E-state index in [0.29, 0.717) is 12.2 Å². The number of hydrogen-bond acceptors (Lipinski definition) is 5. The van der Waals surface area contributed by atoms with Gasteiger partial charge in [0.25, 0.3) is 5.91 Å². The number of hydrogen-bond donors (Lipinski definition) is 1. The molecular formula is C30H35N5O3. The van der Waals surface area contributed by atoms with Crippen LogP contribution in [0.15, 0.2) is 54.7 Å². The molecule has 0 bridgehead atoms. The second-order valence-corrected chi connectivity index (χ2v) is 11.7. The number of rotatable bonds is 6. The summed E-state index contributed by atoms with van der Waals surface area (Å²) in [7, 11) is 0. The van der Waals surface area contributed by atoms with Crippen LogP contribution in [-0.4, -0.2) is 52.4 Å². The maximum atomic E-state index is 13.8. The molecular weight excluding hydrogens is 478 g/mol. The van der Waals surface area contributed by atoms with E-state index in [1.54, 1.807) is 29.8 Å². The topological polar surface area (TPSA) is 85.8 Å². The van der Waals surface area contributed by atoms with Gasteiger partial charge in [-0.2, -0.15) is 0 Å². The fourth-order valence-corrected chi connectivity index (χ4v) is 5.42. The van der Waals surface area contributed by atoms with Gasteiger partial charge in [-0.15, -0.1) is 0 Å². The number of fused-ring (bicyclic) bond motifs is 2. The lowest BCUT2D eigenvalue weighted by atomic mass is 9.87. The Morgan fingerprint density at radius 3 is 2.53 bits per heavy atom. The normalized spacial score (nSPS) is 18.1. The molecule has 38 heavy (non-hydrogen) atoms. The average Bonchev–Trinajstić information content (AvgIpc) is 3.24.